The molecule has 2 aromatic carbocycles. The van der Waals surface area contributed by atoms with Gasteiger partial charge in [-0.1, -0.05) is 29.8 Å². The highest BCUT2D eigenvalue weighted by Crippen LogP contribution is 2.20. The third-order valence-corrected chi connectivity index (χ3v) is 2.83. The fraction of sp³-hybridized carbons (Fsp3) is 0.176. The minimum absolute atomic E-state index is 0.0766. The van der Waals surface area contributed by atoms with Crippen molar-refractivity contribution in [3.8, 4) is 5.75 Å². The maximum absolute atomic E-state index is 12.2. The molecule has 0 spiro atoms. The van der Waals surface area contributed by atoms with E-state index in [9.17, 15) is 18.0 Å². The molecule has 0 amide bonds. The molecular weight excluding hydrogens is 309 g/mol. The number of carbonyl (C=O) groups excluding carboxylic acids is 2. The van der Waals surface area contributed by atoms with Crippen LogP contribution < -0.4 is 4.74 Å². The monoisotopic (exact) mass is 324 g/mol. The van der Waals surface area contributed by atoms with Crippen molar-refractivity contribution < 1.29 is 27.5 Å². The van der Waals surface area contributed by atoms with Gasteiger partial charge < -0.3 is 9.53 Å². The van der Waals surface area contributed by atoms with Gasteiger partial charge in [-0.3, -0.25) is 4.79 Å². The molecule has 0 aliphatic carbocycles. The van der Waals surface area contributed by atoms with E-state index in [4.69, 9.17) is 4.79 Å². The zero-order valence-corrected chi connectivity index (χ0v) is 12.4. The average molecular weight is 324 g/mol. The summed E-state index contributed by atoms with van der Waals surface area (Å²) in [6.45, 7) is 2.57. The second kappa shape index (κ2) is 8.12. The summed E-state index contributed by atoms with van der Waals surface area (Å²) in [6.07, 6.45) is -4.38. The van der Waals surface area contributed by atoms with Gasteiger partial charge in [-0.15, -0.1) is 0 Å². The average Bonchev–Trinajstić information content (AvgIpc) is 2.55. The molecule has 0 bridgehead atoms. The smallest absolute Gasteiger partial charge is 0.422 e. The van der Waals surface area contributed by atoms with E-state index < -0.39 is 12.8 Å². The van der Waals surface area contributed by atoms with Crippen molar-refractivity contribution in [1.29, 1.82) is 0 Å². The van der Waals surface area contributed by atoms with Crippen LogP contribution in [-0.4, -0.2) is 25.4 Å². The van der Waals surface area contributed by atoms with Crippen molar-refractivity contribution in [2.45, 2.75) is 13.1 Å². The molecule has 0 radical (unpaired) electrons. The van der Waals surface area contributed by atoms with E-state index >= 15 is 0 Å². The summed E-state index contributed by atoms with van der Waals surface area (Å²) in [6, 6.07) is 12.7. The van der Waals surface area contributed by atoms with Crippen LogP contribution in [0.4, 0.5) is 13.2 Å². The van der Waals surface area contributed by atoms with E-state index in [0.29, 0.717) is 11.1 Å². The molecule has 0 atom stereocenters. The van der Waals surface area contributed by atoms with Gasteiger partial charge in [0.15, 0.2) is 12.4 Å². The van der Waals surface area contributed by atoms with Crippen LogP contribution in [-0.2, 0) is 4.79 Å². The molecule has 2 rings (SSSR count). The minimum Gasteiger partial charge on any atom is -0.484 e. The first-order chi connectivity index (χ1) is 10.8. The van der Waals surface area contributed by atoms with Crippen molar-refractivity contribution in [2.24, 2.45) is 0 Å². The predicted molar refractivity (Wildman–Crippen MR) is 79.7 cm³/mol. The summed E-state index contributed by atoms with van der Waals surface area (Å²) in [4.78, 5) is 20.2. The van der Waals surface area contributed by atoms with Crippen molar-refractivity contribution in [3.05, 3.63) is 65.2 Å². The molecule has 0 saturated heterocycles. The van der Waals surface area contributed by atoms with E-state index in [1.807, 2.05) is 25.8 Å². The third kappa shape index (κ3) is 5.94. The Balaban J connectivity index is 0.00000127. The van der Waals surface area contributed by atoms with Gasteiger partial charge in [-0.05, 0) is 31.2 Å². The second-order valence-electron chi connectivity index (χ2n) is 4.62. The summed E-state index contributed by atoms with van der Waals surface area (Å²) in [7, 11) is 0. The van der Waals surface area contributed by atoms with Gasteiger partial charge in [0.1, 0.15) is 12.5 Å². The Labute approximate surface area is 131 Å². The second-order valence-corrected chi connectivity index (χ2v) is 4.62. The number of alkyl halides is 3. The van der Waals surface area contributed by atoms with Crippen LogP contribution in [0.3, 0.4) is 0 Å². The molecule has 0 aliphatic rings. The Kier molecular flexibility index (Phi) is 6.50. The molecule has 0 heterocycles. The molecule has 0 N–H and O–H groups in total. The van der Waals surface area contributed by atoms with Crippen LogP contribution in [0, 0.1) is 6.92 Å². The number of hydrogen-bond acceptors (Lipinski definition) is 3. The number of benzene rings is 2. The lowest BCUT2D eigenvalue weighted by atomic mass is 10.0. The van der Waals surface area contributed by atoms with E-state index in [1.165, 1.54) is 24.3 Å². The Morgan fingerprint density at radius 2 is 1.39 bits per heavy atom. The number of ether oxygens (including phenoxy) is 1. The molecular formula is C17H15F3O3. The molecule has 3 nitrogen and oxygen atoms in total. The Morgan fingerprint density at radius 3 is 1.83 bits per heavy atom. The van der Waals surface area contributed by atoms with E-state index in [-0.39, 0.29) is 11.5 Å². The van der Waals surface area contributed by atoms with Crippen LogP contribution in [0.15, 0.2) is 48.5 Å². The topological polar surface area (TPSA) is 43.4 Å². The lowest BCUT2D eigenvalue weighted by Crippen LogP contribution is -2.19. The van der Waals surface area contributed by atoms with Gasteiger partial charge in [0.05, 0.1) is 0 Å². The SMILES string of the molecule is C=O.Cc1ccc(C(=O)c2ccc(OCC(F)(F)F)cc2)cc1. The fourth-order valence-corrected chi connectivity index (χ4v) is 1.74. The molecule has 0 fully saturated rings. The van der Waals surface area contributed by atoms with Crippen molar-refractivity contribution in [3.63, 3.8) is 0 Å². The summed E-state index contributed by atoms with van der Waals surface area (Å²) in [5.41, 5.74) is 1.98. The number of aryl methyl sites for hydroxylation is 1. The third-order valence-electron chi connectivity index (χ3n) is 2.83. The zero-order chi connectivity index (χ0) is 17.5. The van der Waals surface area contributed by atoms with E-state index in [0.717, 1.165) is 5.56 Å². The van der Waals surface area contributed by atoms with Gasteiger partial charge in [0.25, 0.3) is 0 Å². The van der Waals surface area contributed by atoms with Crippen molar-refractivity contribution >= 4 is 12.6 Å². The molecule has 0 aliphatic heterocycles. The Bertz CT molecular complexity index is 632. The number of halogens is 3. The van der Waals surface area contributed by atoms with Gasteiger partial charge in [0.2, 0.25) is 0 Å². The Hall–Kier alpha value is -2.63. The highest BCUT2D eigenvalue weighted by atomic mass is 19.4. The minimum atomic E-state index is -4.38. The molecule has 0 aromatic heterocycles. The maximum Gasteiger partial charge on any atom is 0.422 e. The normalized spacial score (nSPS) is 10.4. The highest BCUT2D eigenvalue weighted by Gasteiger charge is 2.28. The standard InChI is InChI=1S/C16H13F3O2.CH2O/c1-11-2-4-12(5-3-11)15(20)13-6-8-14(9-7-13)21-10-16(17,18)19;1-2/h2-9H,10H2,1H3;1H2. The first kappa shape index (κ1) is 18.4. The van der Waals surface area contributed by atoms with Crippen molar-refractivity contribution in [1.82, 2.24) is 0 Å². The predicted octanol–water partition coefficient (Wildman–Crippen LogP) is 3.98. The summed E-state index contributed by atoms with van der Waals surface area (Å²) in [5.74, 6) is -0.106. The van der Waals surface area contributed by atoms with Gasteiger partial charge in [0, 0.05) is 11.1 Å². The largest absolute Gasteiger partial charge is 0.484 e. The van der Waals surface area contributed by atoms with Crippen LogP contribution >= 0.6 is 0 Å². The van der Waals surface area contributed by atoms with Crippen LogP contribution in [0.5, 0.6) is 5.75 Å². The molecule has 122 valence electrons. The van der Waals surface area contributed by atoms with Gasteiger partial charge in [-0.25, -0.2) is 0 Å². The van der Waals surface area contributed by atoms with Crippen molar-refractivity contribution in [2.75, 3.05) is 6.61 Å². The summed E-state index contributed by atoms with van der Waals surface area (Å²) < 4.78 is 40.7. The Morgan fingerprint density at radius 1 is 0.957 bits per heavy atom. The van der Waals surface area contributed by atoms with Gasteiger partial charge in [-0.2, -0.15) is 13.2 Å². The van der Waals surface area contributed by atoms with Gasteiger partial charge >= 0.3 is 6.18 Å². The summed E-state index contributed by atoms with van der Waals surface area (Å²) >= 11 is 0. The number of rotatable bonds is 4. The summed E-state index contributed by atoms with van der Waals surface area (Å²) in [5, 5.41) is 0. The number of ketones is 1. The number of carbonyl (C=O) groups is 2. The quantitative estimate of drug-likeness (QED) is 0.799. The zero-order valence-electron chi connectivity index (χ0n) is 12.4. The van der Waals surface area contributed by atoms with E-state index in [1.54, 1.807) is 12.1 Å². The lowest BCUT2D eigenvalue weighted by Gasteiger charge is -2.09. The van der Waals surface area contributed by atoms with E-state index in [2.05, 4.69) is 4.74 Å². The molecule has 0 saturated carbocycles. The van der Waals surface area contributed by atoms with Crippen LogP contribution in [0.2, 0.25) is 0 Å². The maximum atomic E-state index is 12.2. The fourth-order valence-electron chi connectivity index (χ4n) is 1.74. The van der Waals surface area contributed by atoms with Crippen LogP contribution in [0.25, 0.3) is 0 Å². The number of hydrogen-bond donors (Lipinski definition) is 0. The first-order valence-corrected chi connectivity index (χ1v) is 6.55. The lowest BCUT2D eigenvalue weighted by molar-refractivity contribution is -0.153. The molecule has 0 unspecified atom stereocenters. The molecule has 6 heteroatoms. The highest BCUT2D eigenvalue weighted by molar-refractivity contribution is 6.09. The molecule has 2 aromatic rings. The molecule has 23 heavy (non-hydrogen) atoms. The first-order valence-electron chi connectivity index (χ1n) is 6.55. The van der Waals surface area contributed by atoms with Crippen LogP contribution in [0.1, 0.15) is 21.5 Å².